The van der Waals surface area contributed by atoms with Gasteiger partial charge in [0.05, 0.1) is 0 Å². The van der Waals surface area contributed by atoms with E-state index in [0.29, 0.717) is 5.56 Å². The molecule has 0 aliphatic heterocycles. The highest BCUT2D eigenvalue weighted by atomic mass is 16.4. The molecule has 1 amide bonds. The maximum absolute atomic E-state index is 11.1. The van der Waals surface area contributed by atoms with Crippen molar-refractivity contribution in [2.45, 2.75) is 0 Å². The summed E-state index contributed by atoms with van der Waals surface area (Å²) >= 11 is 0. The highest BCUT2D eigenvalue weighted by Gasteiger charge is 2.00. The predicted molar refractivity (Wildman–Crippen MR) is 59.5 cm³/mol. The highest BCUT2D eigenvalue weighted by Crippen LogP contribution is 2.25. The van der Waals surface area contributed by atoms with Crippen molar-refractivity contribution in [3.05, 3.63) is 29.8 Å². The number of rotatable bonds is 4. The molecule has 0 unspecified atom stereocenters. The number of hydrogen-bond acceptors (Lipinski definition) is 4. The molecule has 0 spiro atoms. The van der Waals surface area contributed by atoms with Crippen molar-refractivity contribution in [1.82, 2.24) is 5.32 Å². The monoisotopic (exact) mass is 237 g/mol. The second kappa shape index (κ2) is 5.55. The topological polar surface area (TPSA) is 107 Å². The Morgan fingerprint density at radius 3 is 2.53 bits per heavy atom. The molecule has 0 bridgehead atoms. The van der Waals surface area contributed by atoms with Crippen LogP contribution in [0.15, 0.2) is 24.3 Å². The maximum atomic E-state index is 11.1. The van der Waals surface area contributed by atoms with Gasteiger partial charge in [0.25, 0.3) is 0 Å². The number of carboxylic acid groups (broad SMARTS) is 1. The Morgan fingerprint density at radius 2 is 1.94 bits per heavy atom. The van der Waals surface area contributed by atoms with E-state index in [2.05, 4.69) is 5.32 Å². The van der Waals surface area contributed by atoms with Crippen LogP contribution in [0.25, 0.3) is 6.08 Å². The van der Waals surface area contributed by atoms with Crippen molar-refractivity contribution < 1.29 is 24.9 Å². The molecule has 0 aliphatic carbocycles. The number of carboxylic acids is 1. The number of phenols is 2. The Balaban J connectivity index is 2.61. The van der Waals surface area contributed by atoms with Crippen LogP contribution in [0.4, 0.5) is 0 Å². The largest absolute Gasteiger partial charge is 0.504 e. The fraction of sp³-hybridized carbons (Fsp3) is 0.0909. The number of phenolic OH excluding ortho intramolecular Hbond substituents is 2. The number of hydrogen-bond donors (Lipinski definition) is 4. The number of amides is 1. The maximum Gasteiger partial charge on any atom is 0.322 e. The van der Waals surface area contributed by atoms with Crippen molar-refractivity contribution in [1.29, 1.82) is 0 Å². The van der Waals surface area contributed by atoms with Gasteiger partial charge in [-0.05, 0) is 23.8 Å². The third-order valence-electron chi connectivity index (χ3n) is 1.84. The summed E-state index contributed by atoms with van der Waals surface area (Å²) in [6.45, 7) is -0.454. The summed E-state index contributed by atoms with van der Waals surface area (Å²) < 4.78 is 0. The van der Waals surface area contributed by atoms with Gasteiger partial charge in [-0.1, -0.05) is 6.07 Å². The van der Waals surface area contributed by atoms with Gasteiger partial charge in [0.2, 0.25) is 5.91 Å². The van der Waals surface area contributed by atoms with Gasteiger partial charge in [0.1, 0.15) is 6.54 Å². The highest BCUT2D eigenvalue weighted by molar-refractivity contribution is 5.93. The number of carbonyl (C=O) groups is 2. The quantitative estimate of drug-likeness (QED) is 0.445. The van der Waals surface area contributed by atoms with Gasteiger partial charge in [0.15, 0.2) is 11.5 Å². The molecule has 0 heterocycles. The first-order valence-corrected chi connectivity index (χ1v) is 4.68. The Morgan fingerprint density at radius 1 is 1.24 bits per heavy atom. The molecular formula is C11H11NO5. The fourth-order valence-corrected chi connectivity index (χ4v) is 1.04. The SMILES string of the molecule is O=C(O)CNC(=O)/C=C/c1ccc(O)c(O)c1. The zero-order valence-corrected chi connectivity index (χ0v) is 8.75. The predicted octanol–water partition coefficient (Wildman–Crippen LogP) is 0.312. The van der Waals surface area contributed by atoms with E-state index < -0.39 is 18.4 Å². The third kappa shape index (κ3) is 4.25. The molecule has 17 heavy (non-hydrogen) atoms. The Labute approximate surface area is 96.8 Å². The molecular weight excluding hydrogens is 226 g/mol. The first kappa shape index (κ1) is 12.6. The van der Waals surface area contributed by atoms with Gasteiger partial charge >= 0.3 is 5.97 Å². The molecule has 0 radical (unpaired) electrons. The Hall–Kier alpha value is -2.50. The second-order valence-corrected chi connectivity index (χ2v) is 3.19. The molecule has 6 nitrogen and oxygen atoms in total. The molecule has 1 aromatic rings. The van der Waals surface area contributed by atoms with Crippen molar-refractivity contribution in [2.75, 3.05) is 6.54 Å². The molecule has 1 aromatic carbocycles. The lowest BCUT2D eigenvalue weighted by atomic mass is 10.2. The van der Waals surface area contributed by atoms with Crippen LogP contribution in [0, 0.1) is 0 Å². The number of carbonyl (C=O) groups excluding carboxylic acids is 1. The van der Waals surface area contributed by atoms with Crippen molar-refractivity contribution in [3.63, 3.8) is 0 Å². The summed E-state index contributed by atoms with van der Waals surface area (Å²) in [5, 5.41) is 28.7. The smallest absolute Gasteiger partial charge is 0.322 e. The Bertz CT molecular complexity index is 467. The van der Waals surface area contributed by atoms with Crippen molar-refractivity contribution in [2.24, 2.45) is 0 Å². The molecule has 4 N–H and O–H groups in total. The van der Waals surface area contributed by atoms with Gasteiger partial charge in [-0.2, -0.15) is 0 Å². The lowest BCUT2D eigenvalue weighted by Crippen LogP contribution is -2.27. The molecule has 90 valence electrons. The van der Waals surface area contributed by atoms with Crippen LogP contribution < -0.4 is 5.32 Å². The van der Waals surface area contributed by atoms with E-state index in [1.165, 1.54) is 24.3 Å². The lowest BCUT2D eigenvalue weighted by molar-refractivity contribution is -0.137. The van der Waals surface area contributed by atoms with Crippen molar-refractivity contribution in [3.8, 4) is 11.5 Å². The minimum atomic E-state index is -1.13. The average Bonchev–Trinajstić information content (AvgIpc) is 2.28. The van der Waals surface area contributed by atoms with E-state index in [1.807, 2.05) is 0 Å². The van der Waals surface area contributed by atoms with Gasteiger partial charge in [-0.3, -0.25) is 9.59 Å². The lowest BCUT2D eigenvalue weighted by Gasteiger charge is -1.99. The molecule has 0 aliphatic rings. The van der Waals surface area contributed by atoms with Crippen LogP contribution in [-0.4, -0.2) is 33.7 Å². The van der Waals surface area contributed by atoms with Crippen LogP contribution in [0.3, 0.4) is 0 Å². The summed E-state index contributed by atoms with van der Waals surface area (Å²) in [6.07, 6.45) is 2.52. The van der Waals surface area contributed by atoms with E-state index in [4.69, 9.17) is 10.2 Å². The first-order chi connectivity index (χ1) is 7.99. The standard InChI is InChI=1S/C11H11NO5/c13-8-3-1-7(5-9(8)14)2-4-10(15)12-6-11(16)17/h1-5,13-14H,6H2,(H,12,15)(H,16,17)/b4-2+. The van der Waals surface area contributed by atoms with Gasteiger partial charge < -0.3 is 20.6 Å². The normalized spacial score (nSPS) is 10.4. The summed E-state index contributed by atoms with van der Waals surface area (Å²) in [5.41, 5.74) is 0.505. The molecule has 0 atom stereocenters. The van der Waals surface area contributed by atoms with E-state index in [-0.39, 0.29) is 11.5 Å². The average molecular weight is 237 g/mol. The molecule has 1 rings (SSSR count). The van der Waals surface area contributed by atoms with Crippen molar-refractivity contribution >= 4 is 18.0 Å². The molecule has 0 saturated carbocycles. The van der Waals surface area contributed by atoms with E-state index >= 15 is 0 Å². The van der Waals surface area contributed by atoms with Crippen LogP contribution >= 0.6 is 0 Å². The minimum absolute atomic E-state index is 0.252. The molecule has 6 heteroatoms. The second-order valence-electron chi connectivity index (χ2n) is 3.19. The number of benzene rings is 1. The summed E-state index contributed by atoms with van der Waals surface area (Å²) in [7, 11) is 0. The van der Waals surface area contributed by atoms with E-state index in [0.717, 1.165) is 6.08 Å². The minimum Gasteiger partial charge on any atom is -0.504 e. The molecule has 0 aromatic heterocycles. The van der Waals surface area contributed by atoms with E-state index in [9.17, 15) is 14.7 Å². The zero-order valence-electron chi connectivity index (χ0n) is 8.75. The number of aliphatic carboxylic acids is 1. The number of nitrogens with one attached hydrogen (secondary N) is 1. The molecule has 0 fully saturated rings. The van der Waals surface area contributed by atoms with E-state index in [1.54, 1.807) is 0 Å². The van der Waals surface area contributed by atoms with Gasteiger partial charge in [0, 0.05) is 6.08 Å². The fourth-order valence-electron chi connectivity index (χ4n) is 1.04. The summed E-state index contributed by atoms with van der Waals surface area (Å²) in [5.74, 6) is -2.23. The first-order valence-electron chi connectivity index (χ1n) is 4.68. The zero-order chi connectivity index (χ0) is 12.8. The van der Waals surface area contributed by atoms with Crippen LogP contribution in [0.1, 0.15) is 5.56 Å². The van der Waals surface area contributed by atoms with Gasteiger partial charge in [-0.15, -0.1) is 0 Å². The third-order valence-corrected chi connectivity index (χ3v) is 1.84. The summed E-state index contributed by atoms with van der Waals surface area (Å²) in [4.78, 5) is 21.3. The van der Waals surface area contributed by atoms with Crippen LogP contribution in [0.5, 0.6) is 11.5 Å². The Kier molecular flexibility index (Phi) is 4.10. The molecule has 0 saturated heterocycles. The van der Waals surface area contributed by atoms with Crippen LogP contribution in [-0.2, 0) is 9.59 Å². The van der Waals surface area contributed by atoms with Gasteiger partial charge in [-0.25, -0.2) is 0 Å². The number of aromatic hydroxyl groups is 2. The summed E-state index contributed by atoms with van der Waals surface area (Å²) in [6, 6.07) is 4.05. The van der Waals surface area contributed by atoms with Crippen LogP contribution in [0.2, 0.25) is 0 Å².